The normalized spacial score (nSPS) is 9.93. The highest BCUT2D eigenvalue weighted by molar-refractivity contribution is 5.34. The molecule has 0 aliphatic heterocycles. The summed E-state index contributed by atoms with van der Waals surface area (Å²) in [6.07, 6.45) is 0. The summed E-state index contributed by atoms with van der Waals surface area (Å²) in [5.74, 6) is -0.502. The zero-order valence-electron chi connectivity index (χ0n) is 8.50. The molecule has 3 nitrogen and oxygen atoms in total. The first-order valence-electron chi connectivity index (χ1n) is 4.53. The lowest BCUT2D eigenvalue weighted by molar-refractivity contribution is 0.0616. The first-order valence-corrected chi connectivity index (χ1v) is 4.53. The topological polar surface area (TPSA) is 42.2 Å². The Labute approximate surface area is 88.0 Å². The Morgan fingerprint density at radius 1 is 1.40 bits per heavy atom. The lowest BCUT2D eigenvalue weighted by Crippen LogP contribution is -2.02. The number of rotatable bonds is 5. The maximum absolute atomic E-state index is 12.9. The number of halogens is 1. The monoisotopic (exact) mass is 209 g/mol. The van der Waals surface area contributed by atoms with Gasteiger partial charge >= 0.3 is 0 Å². The molecule has 0 saturated heterocycles. The van der Waals surface area contributed by atoms with Crippen LogP contribution in [0.4, 0.5) is 4.39 Å². The molecular weight excluding hydrogens is 197 g/mol. The van der Waals surface area contributed by atoms with E-state index >= 15 is 0 Å². The van der Waals surface area contributed by atoms with Crippen molar-refractivity contribution in [2.45, 2.75) is 6.61 Å². The molecule has 0 bridgehead atoms. The molecular formula is C11H12FNO2. The Morgan fingerprint density at radius 3 is 2.87 bits per heavy atom. The SMILES string of the molecule is COCCOCc1ccc(F)c(C#N)c1. The minimum absolute atomic E-state index is 0.0443. The van der Waals surface area contributed by atoms with Gasteiger partial charge in [-0.05, 0) is 17.7 Å². The van der Waals surface area contributed by atoms with Gasteiger partial charge in [0.25, 0.3) is 0 Å². The van der Waals surface area contributed by atoms with E-state index in [2.05, 4.69) is 0 Å². The molecule has 0 atom stereocenters. The Hall–Kier alpha value is -1.44. The molecule has 4 heteroatoms. The van der Waals surface area contributed by atoms with Gasteiger partial charge in [0.15, 0.2) is 0 Å². The molecule has 1 aromatic carbocycles. The van der Waals surface area contributed by atoms with Crippen molar-refractivity contribution >= 4 is 0 Å². The number of ether oxygens (including phenoxy) is 2. The van der Waals surface area contributed by atoms with Crippen LogP contribution in [0.5, 0.6) is 0 Å². The molecule has 0 N–H and O–H groups in total. The van der Waals surface area contributed by atoms with Crippen LogP contribution < -0.4 is 0 Å². The zero-order chi connectivity index (χ0) is 11.1. The summed E-state index contributed by atoms with van der Waals surface area (Å²) in [6, 6.07) is 6.14. The predicted molar refractivity (Wildman–Crippen MR) is 52.6 cm³/mol. The summed E-state index contributed by atoms with van der Waals surface area (Å²) in [7, 11) is 1.59. The van der Waals surface area contributed by atoms with Gasteiger partial charge in [-0.25, -0.2) is 4.39 Å². The zero-order valence-corrected chi connectivity index (χ0v) is 8.50. The third kappa shape index (κ3) is 3.66. The van der Waals surface area contributed by atoms with Gasteiger partial charge in [-0.2, -0.15) is 5.26 Å². The molecule has 15 heavy (non-hydrogen) atoms. The van der Waals surface area contributed by atoms with Crippen LogP contribution >= 0.6 is 0 Å². The van der Waals surface area contributed by atoms with Gasteiger partial charge in [-0.1, -0.05) is 6.07 Å². The van der Waals surface area contributed by atoms with Gasteiger partial charge in [-0.3, -0.25) is 0 Å². The Morgan fingerprint density at radius 2 is 2.20 bits per heavy atom. The first kappa shape index (κ1) is 11.6. The maximum Gasteiger partial charge on any atom is 0.140 e. The van der Waals surface area contributed by atoms with Crippen LogP contribution in [0.25, 0.3) is 0 Å². The number of hydrogen-bond donors (Lipinski definition) is 0. The third-order valence-corrected chi connectivity index (χ3v) is 1.85. The maximum atomic E-state index is 12.9. The average molecular weight is 209 g/mol. The second kappa shape index (κ2) is 6.12. The van der Waals surface area contributed by atoms with Crippen molar-refractivity contribution in [1.82, 2.24) is 0 Å². The molecule has 0 aromatic heterocycles. The second-order valence-corrected chi connectivity index (χ2v) is 2.97. The fraction of sp³-hybridized carbons (Fsp3) is 0.364. The average Bonchev–Trinajstić information content (AvgIpc) is 2.26. The van der Waals surface area contributed by atoms with E-state index in [1.54, 1.807) is 19.2 Å². The third-order valence-electron chi connectivity index (χ3n) is 1.85. The molecule has 0 radical (unpaired) electrons. The van der Waals surface area contributed by atoms with E-state index in [1.165, 1.54) is 12.1 Å². The van der Waals surface area contributed by atoms with E-state index < -0.39 is 5.82 Å². The molecule has 0 saturated carbocycles. The first-order chi connectivity index (χ1) is 7.27. The van der Waals surface area contributed by atoms with Crippen molar-refractivity contribution in [3.8, 4) is 6.07 Å². The smallest absolute Gasteiger partial charge is 0.140 e. The molecule has 1 aromatic rings. The van der Waals surface area contributed by atoms with Crippen LogP contribution in [0.15, 0.2) is 18.2 Å². The van der Waals surface area contributed by atoms with Gasteiger partial charge in [-0.15, -0.1) is 0 Å². The van der Waals surface area contributed by atoms with E-state index in [0.717, 1.165) is 5.56 Å². The molecule has 80 valence electrons. The molecule has 0 aliphatic carbocycles. The van der Waals surface area contributed by atoms with Crippen LogP contribution in [-0.4, -0.2) is 20.3 Å². The molecule has 0 spiro atoms. The van der Waals surface area contributed by atoms with E-state index in [-0.39, 0.29) is 5.56 Å². The number of hydrogen-bond acceptors (Lipinski definition) is 3. The van der Waals surface area contributed by atoms with Crippen molar-refractivity contribution in [3.63, 3.8) is 0 Å². The molecule has 0 aliphatic rings. The number of methoxy groups -OCH3 is 1. The summed E-state index contributed by atoms with van der Waals surface area (Å²) in [6.45, 7) is 1.36. The van der Waals surface area contributed by atoms with Gasteiger partial charge < -0.3 is 9.47 Å². The minimum Gasteiger partial charge on any atom is -0.382 e. The van der Waals surface area contributed by atoms with Gasteiger partial charge in [0.1, 0.15) is 11.9 Å². The quantitative estimate of drug-likeness (QED) is 0.695. The fourth-order valence-corrected chi connectivity index (χ4v) is 1.08. The van der Waals surface area contributed by atoms with Gasteiger partial charge in [0.2, 0.25) is 0 Å². The van der Waals surface area contributed by atoms with Crippen molar-refractivity contribution in [3.05, 3.63) is 35.1 Å². The Kier molecular flexibility index (Phi) is 4.75. The van der Waals surface area contributed by atoms with Gasteiger partial charge in [0.05, 0.1) is 25.4 Å². The summed E-state index contributed by atoms with van der Waals surface area (Å²) in [5, 5.41) is 8.60. The van der Waals surface area contributed by atoms with Crippen LogP contribution in [-0.2, 0) is 16.1 Å². The standard InChI is InChI=1S/C11H12FNO2/c1-14-4-5-15-8-9-2-3-11(12)10(6-9)7-13/h2-3,6H,4-5,8H2,1H3. The molecule has 0 fully saturated rings. The molecule has 1 rings (SSSR count). The molecule has 0 unspecified atom stereocenters. The van der Waals surface area contributed by atoms with Crippen molar-refractivity contribution in [1.29, 1.82) is 5.26 Å². The van der Waals surface area contributed by atoms with Crippen LogP contribution in [0.2, 0.25) is 0 Å². The highest BCUT2D eigenvalue weighted by atomic mass is 19.1. The van der Waals surface area contributed by atoms with Crippen molar-refractivity contribution in [2.24, 2.45) is 0 Å². The Balaban J connectivity index is 2.52. The number of nitrogens with zero attached hydrogens (tertiary/aromatic N) is 1. The van der Waals surface area contributed by atoms with Crippen LogP contribution in [0, 0.1) is 17.1 Å². The molecule has 0 amide bonds. The van der Waals surface area contributed by atoms with Crippen LogP contribution in [0.1, 0.15) is 11.1 Å². The van der Waals surface area contributed by atoms with E-state index in [9.17, 15) is 4.39 Å². The summed E-state index contributed by atoms with van der Waals surface area (Å²) in [4.78, 5) is 0. The largest absolute Gasteiger partial charge is 0.382 e. The van der Waals surface area contributed by atoms with E-state index in [1.807, 2.05) is 0 Å². The predicted octanol–water partition coefficient (Wildman–Crippen LogP) is 1.86. The summed E-state index contributed by atoms with van der Waals surface area (Å²) in [5.41, 5.74) is 0.826. The van der Waals surface area contributed by atoms with Crippen molar-refractivity contribution in [2.75, 3.05) is 20.3 Å². The van der Waals surface area contributed by atoms with E-state index in [4.69, 9.17) is 14.7 Å². The highest BCUT2D eigenvalue weighted by Gasteiger charge is 2.02. The number of nitriles is 1. The van der Waals surface area contributed by atoms with Crippen LogP contribution in [0.3, 0.4) is 0 Å². The highest BCUT2D eigenvalue weighted by Crippen LogP contribution is 2.10. The lowest BCUT2D eigenvalue weighted by atomic mass is 10.1. The minimum atomic E-state index is -0.502. The second-order valence-electron chi connectivity index (χ2n) is 2.97. The fourth-order valence-electron chi connectivity index (χ4n) is 1.08. The molecule has 0 heterocycles. The number of benzene rings is 1. The van der Waals surface area contributed by atoms with Gasteiger partial charge in [0, 0.05) is 7.11 Å². The van der Waals surface area contributed by atoms with Crippen molar-refractivity contribution < 1.29 is 13.9 Å². The Bertz CT molecular complexity index is 360. The van der Waals surface area contributed by atoms with E-state index in [0.29, 0.717) is 19.8 Å². The summed E-state index contributed by atoms with van der Waals surface area (Å²) >= 11 is 0. The summed E-state index contributed by atoms with van der Waals surface area (Å²) < 4.78 is 23.0. The lowest BCUT2D eigenvalue weighted by Gasteiger charge is -2.04.